The molecule has 0 spiro atoms. The Hall–Kier alpha value is -2.24. The van der Waals surface area contributed by atoms with E-state index in [9.17, 15) is 14.7 Å². The number of phenols is 1. The fourth-order valence-corrected chi connectivity index (χ4v) is 7.36. The van der Waals surface area contributed by atoms with Crippen molar-refractivity contribution < 1.29 is 19.4 Å². The number of hydrogen-bond donors (Lipinski definition) is 1. The minimum Gasteiger partial charge on any atom is -0.508 e. The number of carbonyl (C=O) groups is 2. The number of ether oxygens (including phenoxy) is 1. The van der Waals surface area contributed by atoms with Crippen LogP contribution in [-0.2, 0) is 9.59 Å². The van der Waals surface area contributed by atoms with E-state index in [0.717, 1.165) is 30.7 Å². The molecule has 4 saturated carbocycles. The minimum atomic E-state index is -0.603. The number of rotatable bonds is 5. The monoisotopic (exact) mass is 440 g/mol. The van der Waals surface area contributed by atoms with Crippen LogP contribution in [0.1, 0.15) is 58.3 Å². The van der Waals surface area contributed by atoms with E-state index in [1.54, 1.807) is 31.2 Å². The largest absolute Gasteiger partial charge is 0.508 e. The molecule has 4 bridgehead atoms. The summed E-state index contributed by atoms with van der Waals surface area (Å²) in [5, 5.41) is 9.41. The van der Waals surface area contributed by atoms with E-state index in [0.29, 0.717) is 37.7 Å². The molecule has 6 nitrogen and oxygen atoms in total. The molecule has 32 heavy (non-hydrogen) atoms. The Morgan fingerprint density at radius 1 is 0.969 bits per heavy atom. The summed E-state index contributed by atoms with van der Waals surface area (Å²) >= 11 is 0. The van der Waals surface area contributed by atoms with E-state index in [-0.39, 0.29) is 17.1 Å². The second kappa shape index (κ2) is 8.60. The van der Waals surface area contributed by atoms with Gasteiger partial charge in [0.05, 0.1) is 0 Å². The van der Waals surface area contributed by atoms with Gasteiger partial charge in [-0.2, -0.15) is 0 Å². The number of amides is 2. The third-order valence-corrected chi connectivity index (χ3v) is 8.35. The average Bonchev–Trinajstić information content (AvgIpc) is 3.00. The second-order valence-electron chi connectivity index (χ2n) is 10.9. The van der Waals surface area contributed by atoms with Crippen LogP contribution < -0.4 is 4.74 Å². The summed E-state index contributed by atoms with van der Waals surface area (Å²) in [6, 6.07) is 6.41. The molecule has 1 unspecified atom stereocenters. The van der Waals surface area contributed by atoms with Crippen LogP contribution in [0.2, 0.25) is 0 Å². The third-order valence-electron chi connectivity index (χ3n) is 8.35. The summed E-state index contributed by atoms with van der Waals surface area (Å²) in [5.74, 6) is 3.57. The Kier molecular flexibility index (Phi) is 5.81. The predicted octanol–water partition coefficient (Wildman–Crippen LogP) is 3.83. The molecule has 0 aromatic heterocycles. The van der Waals surface area contributed by atoms with E-state index < -0.39 is 6.10 Å². The van der Waals surface area contributed by atoms with Crippen LogP contribution in [0.25, 0.3) is 0 Å². The van der Waals surface area contributed by atoms with E-state index in [1.807, 2.05) is 9.80 Å². The normalized spacial score (nSPS) is 32.5. The first kappa shape index (κ1) is 21.6. The lowest BCUT2D eigenvalue weighted by Gasteiger charge is -2.57. The summed E-state index contributed by atoms with van der Waals surface area (Å²) in [5.41, 5.74) is 0.264. The Morgan fingerprint density at radius 2 is 1.53 bits per heavy atom. The van der Waals surface area contributed by atoms with E-state index in [4.69, 9.17) is 4.74 Å². The van der Waals surface area contributed by atoms with E-state index in [2.05, 4.69) is 0 Å². The van der Waals surface area contributed by atoms with Crippen LogP contribution in [-0.4, -0.2) is 59.0 Å². The molecule has 1 heterocycles. The molecule has 1 N–H and O–H groups in total. The maximum Gasteiger partial charge on any atom is 0.263 e. The number of aromatic hydroxyl groups is 1. The Labute approximate surface area is 190 Å². The smallest absolute Gasteiger partial charge is 0.263 e. The molecule has 174 valence electrons. The van der Waals surface area contributed by atoms with Gasteiger partial charge in [0.1, 0.15) is 11.5 Å². The standard InChI is InChI=1S/C26H36N2O4/c1-18(32-23-5-3-22(29)4-6-23)25(31)28-8-2-7-27(9-10-28)24(30)17-26-14-19-11-20(15-26)13-21(12-19)16-26/h3-6,18-21,29H,2,7-17H2,1H3. The summed E-state index contributed by atoms with van der Waals surface area (Å²) in [7, 11) is 0. The summed E-state index contributed by atoms with van der Waals surface area (Å²) in [6.45, 7) is 4.33. The van der Waals surface area contributed by atoms with Crippen molar-refractivity contribution in [2.24, 2.45) is 23.2 Å². The quantitative estimate of drug-likeness (QED) is 0.756. The van der Waals surface area contributed by atoms with Crippen molar-refractivity contribution in [3.8, 4) is 11.5 Å². The fourth-order valence-electron chi connectivity index (χ4n) is 7.36. The molecule has 6 rings (SSSR count). The van der Waals surface area contributed by atoms with Gasteiger partial charge in [-0.15, -0.1) is 0 Å². The number of hydrogen-bond acceptors (Lipinski definition) is 4. The average molecular weight is 441 g/mol. The SMILES string of the molecule is CC(Oc1ccc(O)cc1)C(=O)N1CCCN(C(=O)CC23CC4CC(CC(C4)C2)C3)CC1. The van der Waals surface area contributed by atoms with Gasteiger partial charge in [0.25, 0.3) is 5.91 Å². The molecule has 2 amide bonds. The molecule has 5 aliphatic rings. The zero-order valence-electron chi connectivity index (χ0n) is 19.2. The van der Waals surface area contributed by atoms with Crippen LogP contribution >= 0.6 is 0 Å². The molecule has 6 heteroatoms. The van der Waals surface area contributed by atoms with Crippen LogP contribution in [0.5, 0.6) is 11.5 Å². The highest BCUT2D eigenvalue weighted by Gasteiger charge is 2.51. The van der Waals surface area contributed by atoms with Gasteiger partial charge < -0.3 is 19.6 Å². The highest BCUT2D eigenvalue weighted by atomic mass is 16.5. The Balaban J connectivity index is 1.15. The van der Waals surface area contributed by atoms with Gasteiger partial charge in [-0.25, -0.2) is 0 Å². The van der Waals surface area contributed by atoms with Crippen molar-refractivity contribution in [2.75, 3.05) is 26.2 Å². The molecule has 1 saturated heterocycles. The molecule has 1 atom stereocenters. The van der Waals surface area contributed by atoms with Gasteiger partial charge in [0.2, 0.25) is 5.91 Å². The zero-order chi connectivity index (χ0) is 22.3. The first-order valence-corrected chi connectivity index (χ1v) is 12.4. The molecule has 4 aliphatic carbocycles. The van der Waals surface area contributed by atoms with Crippen LogP contribution in [0.3, 0.4) is 0 Å². The predicted molar refractivity (Wildman–Crippen MR) is 121 cm³/mol. The van der Waals surface area contributed by atoms with Crippen LogP contribution in [0.15, 0.2) is 24.3 Å². The van der Waals surface area contributed by atoms with Crippen molar-refractivity contribution >= 4 is 11.8 Å². The maximum atomic E-state index is 13.3. The Bertz CT molecular complexity index is 817. The van der Waals surface area contributed by atoms with Gasteiger partial charge in [-0.05, 0) is 99.3 Å². The molecular weight excluding hydrogens is 404 g/mol. The summed E-state index contributed by atoms with van der Waals surface area (Å²) in [6.07, 6.45) is 8.90. The number of nitrogens with zero attached hydrogens (tertiary/aromatic N) is 2. The summed E-state index contributed by atoms with van der Waals surface area (Å²) < 4.78 is 5.78. The van der Waals surface area contributed by atoms with Gasteiger partial charge in [0.15, 0.2) is 6.10 Å². The van der Waals surface area contributed by atoms with Gasteiger partial charge >= 0.3 is 0 Å². The second-order valence-corrected chi connectivity index (χ2v) is 10.9. The van der Waals surface area contributed by atoms with E-state index >= 15 is 0 Å². The van der Waals surface area contributed by atoms with Crippen LogP contribution in [0, 0.1) is 23.2 Å². The minimum absolute atomic E-state index is 0.0477. The molecule has 1 aliphatic heterocycles. The van der Waals surface area contributed by atoms with Gasteiger partial charge in [-0.3, -0.25) is 9.59 Å². The Morgan fingerprint density at radius 3 is 2.16 bits per heavy atom. The molecular formula is C26H36N2O4. The van der Waals surface area contributed by atoms with Crippen LogP contribution in [0.4, 0.5) is 0 Å². The topological polar surface area (TPSA) is 70.1 Å². The van der Waals surface area contributed by atoms with Crippen molar-refractivity contribution in [1.29, 1.82) is 0 Å². The first-order valence-electron chi connectivity index (χ1n) is 12.4. The molecule has 1 aromatic carbocycles. The molecule has 5 fully saturated rings. The van der Waals surface area contributed by atoms with Crippen molar-refractivity contribution in [1.82, 2.24) is 9.80 Å². The highest BCUT2D eigenvalue weighted by Crippen LogP contribution is 2.61. The van der Waals surface area contributed by atoms with E-state index in [1.165, 1.54) is 38.5 Å². The maximum absolute atomic E-state index is 13.3. The zero-order valence-corrected chi connectivity index (χ0v) is 19.2. The lowest BCUT2D eigenvalue weighted by molar-refractivity contribution is -0.141. The van der Waals surface area contributed by atoms with Crippen molar-refractivity contribution in [2.45, 2.75) is 64.4 Å². The summed E-state index contributed by atoms with van der Waals surface area (Å²) in [4.78, 5) is 30.1. The van der Waals surface area contributed by atoms with Gasteiger partial charge in [-0.1, -0.05) is 0 Å². The lowest BCUT2D eigenvalue weighted by Crippen LogP contribution is -2.49. The highest BCUT2D eigenvalue weighted by molar-refractivity contribution is 5.81. The molecule has 1 aromatic rings. The first-order chi connectivity index (χ1) is 15.4. The number of carbonyl (C=O) groups excluding carboxylic acids is 2. The number of benzene rings is 1. The fraction of sp³-hybridized carbons (Fsp3) is 0.692. The third kappa shape index (κ3) is 4.46. The van der Waals surface area contributed by atoms with Crippen molar-refractivity contribution in [3.05, 3.63) is 24.3 Å². The lowest BCUT2D eigenvalue weighted by atomic mass is 9.49. The van der Waals surface area contributed by atoms with Gasteiger partial charge in [0, 0.05) is 32.6 Å². The number of phenolic OH excluding ortho intramolecular Hbond substituents is 1. The molecule has 0 radical (unpaired) electrons. The van der Waals surface area contributed by atoms with Crippen molar-refractivity contribution in [3.63, 3.8) is 0 Å².